The summed E-state index contributed by atoms with van der Waals surface area (Å²) in [6.45, 7) is 3.36. The maximum absolute atomic E-state index is 15.5. The van der Waals surface area contributed by atoms with Crippen molar-refractivity contribution in [2.75, 3.05) is 56.4 Å². The van der Waals surface area contributed by atoms with E-state index in [1.165, 1.54) is 28.8 Å². The first-order valence-electron chi connectivity index (χ1n) is 11.8. The summed E-state index contributed by atoms with van der Waals surface area (Å²) in [5.74, 6) is -0.874. The molecule has 0 radical (unpaired) electrons. The summed E-state index contributed by atoms with van der Waals surface area (Å²) in [4.78, 5) is 6.21. The average molecular weight is 581 g/mol. The number of rotatable bonds is 6. The second kappa shape index (κ2) is 14.8. The Balaban J connectivity index is 0.00000100. The van der Waals surface area contributed by atoms with Crippen molar-refractivity contribution in [1.29, 1.82) is 0 Å². The number of piperazine rings is 1. The molecule has 1 saturated heterocycles. The van der Waals surface area contributed by atoms with Crippen molar-refractivity contribution in [3.8, 4) is 28.1 Å². The van der Waals surface area contributed by atoms with E-state index in [1.54, 1.807) is 49.1 Å². The van der Waals surface area contributed by atoms with Gasteiger partial charge < -0.3 is 14.9 Å². The van der Waals surface area contributed by atoms with E-state index in [2.05, 4.69) is 25.0 Å². The lowest BCUT2D eigenvalue weighted by Crippen LogP contribution is -2.43. The topological polar surface area (TPSA) is 58.0 Å². The van der Waals surface area contributed by atoms with Crippen LogP contribution < -0.4 is 14.9 Å². The lowest BCUT2D eigenvalue weighted by Gasteiger charge is -2.29. The minimum absolute atomic E-state index is 0.264. The van der Waals surface area contributed by atoms with E-state index in [0.29, 0.717) is 30.6 Å². The van der Waals surface area contributed by atoms with Crippen LogP contribution in [-0.4, -0.2) is 61.6 Å². The molecule has 1 aliphatic heterocycles. The maximum Gasteiger partial charge on any atom is 0.155 e. The van der Waals surface area contributed by atoms with Crippen molar-refractivity contribution in [1.82, 2.24) is 20.1 Å². The molecule has 5 rings (SSSR count). The molecule has 0 aliphatic carbocycles. The summed E-state index contributed by atoms with van der Waals surface area (Å²) >= 11 is 7.59. The Bertz CT molecular complexity index is 1350. The number of hydrogen-bond acceptors (Lipinski definition) is 6. The minimum atomic E-state index is -0.465. The summed E-state index contributed by atoms with van der Waals surface area (Å²) in [6.07, 6.45) is 6.70. The SMILES string of the molecule is CF.CF.CSNc1cc(Cl)cc(-c2cn(-c3ccc(N4CCNCC4)cc3F)nc2-c2ccncc2)c1F. The predicted molar refractivity (Wildman–Crippen MR) is 153 cm³/mol. The molecule has 2 N–H and O–H groups in total. The highest BCUT2D eigenvalue weighted by Crippen LogP contribution is 2.38. The zero-order valence-corrected chi connectivity index (χ0v) is 23.3. The van der Waals surface area contributed by atoms with Crippen molar-refractivity contribution in [2.24, 2.45) is 0 Å². The molecular formula is C27H29ClF4N6S. The largest absolute Gasteiger partial charge is 0.369 e. The summed E-state index contributed by atoms with van der Waals surface area (Å²) in [6, 6.07) is 11.8. The van der Waals surface area contributed by atoms with Crippen molar-refractivity contribution < 1.29 is 17.6 Å². The number of anilines is 2. The highest BCUT2D eigenvalue weighted by atomic mass is 35.5. The van der Waals surface area contributed by atoms with Gasteiger partial charge >= 0.3 is 0 Å². The number of hydrogen-bond donors (Lipinski definition) is 2. The van der Waals surface area contributed by atoms with Crippen LogP contribution in [0.4, 0.5) is 28.9 Å². The summed E-state index contributed by atoms with van der Waals surface area (Å²) in [5, 5.41) is 8.34. The molecule has 4 aromatic rings. The van der Waals surface area contributed by atoms with Gasteiger partial charge in [-0.15, -0.1) is 0 Å². The molecule has 2 aromatic heterocycles. The Hall–Kier alpha value is -3.28. The molecular weight excluding hydrogens is 552 g/mol. The third-order valence-corrected chi connectivity index (χ3v) is 6.51. The first-order valence-corrected chi connectivity index (χ1v) is 13.4. The van der Waals surface area contributed by atoms with Crippen LogP contribution >= 0.6 is 23.5 Å². The van der Waals surface area contributed by atoms with Crippen LogP contribution in [0, 0.1) is 11.6 Å². The van der Waals surface area contributed by atoms with E-state index in [4.69, 9.17) is 11.6 Å². The van der Waals surface area contributed by atoms with E-state index in [-0.39, 0.29) is 16.9 Å². The number of nitrogens with one attached hydrogen (secondary N) is 2. The molecule has 0 unspecified atom stereocenters. The number of nitrogens with zero attached hydrogens (tertiary/aromatic N) is 4. The van der Waals surface area contributed by atoms with Crippen molar-refractivity contribution >= 4 is 34.9 Å². The third kappa shape index (κ3) is 7.03. The standard InChI is InChI=1S/C25H23ClF2N6S.2CH3F/c1-35-32-22-13-17(26)12-19(24(22)28)20-15-34(31-25(20)16-4-6-29-7-5-16)23-3-2-18(14-21(23)27)33-10-8-30-9-11-33;2*1-2/h2-7,12-15,30,32H,8-11H2,1H3;2*1H3. The van der Waals surface area contributed by atoms with Crippen LogP contribution in [0.1, 0.15) is 0 Å². The second-order valence-electron chi connectivity index (χ2n) is 8.07. The number of aromatic nitrogens is 3. The fourth-order valence-corrected chi connectivity index (χ4v) is 4.77. The van der Waals surface area contributed by atoms with Crippen LogP contribution in [0.25, 0.3) is 28.1 Å². The third-order valence-electron chi connectivity index (χ3n) is 5.87. The van der Waals surface area contributed by atoms with E-state index >= 15 is 8.78 Å². The quantitative estimate of drug-likeness (QED) is 0.193. The Morgan fingerprint density at radius 2 is 1.64 bits per heavy atom. The molecule has 6 nitrogen and oxygen atoms in total. The van der Waals surface area contributed by atoms with Gasteiger partial charge in [0.2, 0.25) is 0 Å². The van der Waals surface area contributed by atoms with Crippen LogP contribution in [0.3, 0.4) is 0 Å². The van der Waals surface area contributed by atoms with Gasteiger partial charge in [-0.1, -0.05) is 23.5 Å². The number of pyridine rings is 1. The molecule has 0 spiro atoms. The zero-order chi connectivity index (χ0) is 28.4. The lowest BCUT2D eigenvalue weighted by molar-refractivity contribution is 0.582. The van der Waals surface area contributed by atoms with Gasteiger partial charge in [-0.05, 0) is 42.5 Å². The highest BCUT2D eigenvalue weighted by Gasteiger charge is 2.21. The summed E-state index contributed by atoms with van der Waals surface area (Å²) < 4.78 is 54.2. The van der Waals surface area contributed by atoms with Crippen molar-refractivity contribution in [3.63, 3.8) is 0 Å². The Morgan fingerprint density at radius 3 is 2.28 bits per heavy atom. The van der Waals surface area contributed by atoms with Gasteiger partial charge in [-0.3, -0.25) is 13.8 Å². The molecule has 0 bridgehead atoms. The van der Waals surface area contributed by atoms with Gasteiger partial charge in [0.15, 0.2) is 11.6 Å². The van der Waals surface area contributed by atoms with Gasteiger partial charge in [0, 0.05) is 78.4 Å². The molecule has 2 aromatic carbocycles. The van der Waals surface area contributed by atoms with Crippen LogP contribution in [0.2, 0.25) is 5.02 Å². The molecule has 1 aliphatic rings. The predicted octanol–water partition coefficient (Wildman–Crippen LogP) is 6.80. The normalized spacial score (nSPS) is 12.7. The molecule has 0 saturated carbocycles. The molecule has 208 valence electrons. The van der Waals surface area contributed by atoms with Crippen LogP contribution in [0.15, 0.2) is 61.1 Å². The number of halogens is 5. The first kappa shape index (κ1) is 30.3. The Labute approximate surface area is 234 Å². The van der Waals surface area contributed by atoms with E-state index < -0.39 is 11.6 Å². The van der Waals surface area contributed by atoms with Crippen LogP contribution in [-0.2, 0) is 0 Å². The maximum atomic E-state index is 15.5. The lowest BCUT2D eigenvalue weighted by atomic mass is 10.0. The molecule has 0 amide bonds. The fraction of sp³-hybridized carbons (Fsp3) is 0.259. The summed E-state index contributed by atoms with van der Waals surface area (Å²) in [5.41, 5.74) is 3.34. The zero-order valence-electron chi connectivity index (χ0n) is 21.7. The number of benzene rings is 2. The van der Waals surface area contributed by atoms with Crippen molar-refractivity contribution in [2.45, 2.75) is 0 Å². The smallest absolute Gasteiger partial charge is 0.155 e. The van der Waals surface area contributed by atoms with Gasteiger partial charge in [0.1, 0.15) is 11.4 Å². The summed E-state index contributed by atoms with van der Waals surface area (Å²) in [7, 11) is 1.00. The van der Waals surface area contributed by atoms with Gasteiger partial charge in [0.05, 0.1) is 20.0 Å². The van der Waals surface area contributed by atoms with Crippen LogP contribution in [0.5, 0.6) is 0 Å². The number of alkyl halides is 2. The first-order chi connectivity index (χ1) is 19.0. The monoisotopic (exact) mass is 580 g/mol. The molecule has 0 atom stereocenters. The molecule has 3 heterocycles. The van der Waals surface area contributed by atoms with Gasteiger partial charge in [0.25, 0.3) is 0 Å². The Morgan fingerprint density at radius 1 is 0.949 bits per heavy atom. The average Bonchev–Trinajstić information content (AvgIpc) is 3.43. The molecule has 1 fully saturated rings. The molecule has 12 heteroatoms. The second-order valence-corrected chi connectivity index (χ2v) is 9.11. The minimum Gasteiger partial charge on any atom is -0.369 e. The van der Waals surface area contributed by atoms with Gasteiger partial charge in [-0.2, -0.15) is 5.10 Å². The highest BCUT2D eigenvalue weighted by molar-refractivity contribution is 7.99. The molecule has 39 heavy (non-hydrogen) atoms. The van der Waals surface area contributed by atoms with E-state index in [0.717, 1.165) is 37.4 Å². The van der Waals surface area contributed by atoms with Gasteiger partial charge in [-0.25, -0.2) is 13.5 Å². The Kier molecular flexibility index (Phi) is 11.5. The van der Waals surface area contributed by atoms with E-state index in [1.807, 2.05) is 6.07 Å². The van der Waals surface area contributed by atoms with Crippen molar-refractivity contribution in [3.05, 3.63) is 77.7 Å². The fourth-order valence-electron chi connectivity index (χ4n) is 4.19. The van der Waals surface area contributed by atoms with E-state index in [9.17, 15) is 8.78 Å².